The molecule has 8 N–H and O–H groups in total. The number of likely N-dealkylation sites (tertiary alicyclic amines) is 1. The first-order valence-electron chi connectivity index (χ1n) is 17.6. The third kappa shape index (κ3) is 10.3. The van der Waals surface area contributed by atoms with Gasteiger partial charge in [0.05, 0.1) is 13.2 Å². The molecule has 0 spiro atoms. The molecule has 2 aromatic carbocycles. The Kier molecular flexibility index (Phi) is 13.9. The number of hydrogen-bond acceptors (Lipinski definition) is 9. The van der Waals surface area contributed by atoms with E-state index in [2.05, 4.69) is 21.3 Å². The average molecular weight is 692 g/mol. The normalized spacial score (nSPS) is 20.3. The molecule has 4 amide bonds. The minimum absolute atomic E-state index is 0.0163. The minimum Gasteiger partial charge on any atom is -0.468 e. The average Bonchev–Trinajstić information content (AvgIpc) is 3.52. The Labute approximate surface area is 294 Å². The number of unbranched alkanes of at least 4 members (excludes halogenated alkanes) is 1. The molecule has 50 heavy (non-hydrogen) atoms. The SMILES string of the molecule is COC(=O)C1(N)CCN(C(=O)[C@@H](CCCCN)NC(=O)[C@@H](CC(C)C)NC(=O)[C@@H](Cc2ccccc2)NC(=O)[C@H]2Cc3ccccc3CN2)C1. The van der Waals surface area contributed by atoms with Gasteiger partial charge in [0.2, 0.25) is 23.6 Å². The molecule has 2 aliphatic rings. The molecule has 272 valence electrons. The molecule has 13 nitrogen and oxygen atoms in total. The van der Waals surface area contributed by atoms with Crippen LogP contribution in [0.4, 0.5) is 0 Å². The van der Waals surface area contributed by atoms with Gasteiger partial charge in [-0.05, 0) is 67.7 Å². The summed E-state index contributed by atoms with van der Waals surface area (Å²) in [5, 5.41) is 12.0. The summed E-state index contributed by atoms with van der Waals surface area (Å²) < 4.78 is 4.85. The maximum absolute atomic E-state index is 14.0. The lowest BCUT2D eigenvalue weighted by molar-refractivity contribution is -0.147. The Morgan fingerprint density at radius 2 is 1.58 bits per heavy atom. The van der Waals surface area contributed by atoms with Crippen LogP contribution in [0.2, 0.25) is 0 Å². The molecule has 13 heteroatoms. The van der Waals surface area contributed by atoms with Crippen molar-refractivity contribution in [3.05, 3.63) is 71.3 Å². The van der Waals surface area contributed by atoms with Crippen molar-refractivity contribution in [3.8, 4) is 0 Å². The molecule has 0 aliphatic carbocycles. The highest BCUT2D eigenvalue weighted by Crippen LogP contribution is 2.22. The van der Waals surface area contributed by atoms with Gasteiger partial charge >= 0.3 is 5.97 Å². The molecule has 2 aromatic rings. The van der Waals surface area contributed by atoms with Gasteiger partial charge in [-0.15, -0.1) is 0 Å². The van der Waals surface area contributed by atoms with Crippen LogP contribution in [0.3, 0.4) is 0 Å². The summed E-state index contributed by atoms with van der Waals surface area (Å²) in [7, 11) is 1.25. The Morgan fingerprint density at radius 1 is 0.920 bits per heavy atom. The van der Waals surface area contributed by atoms with Gasteiger partial charge in [-0.3, -0.25) is 19.2 Å². The predicted molar refractivity (Wildman–Crippen MR) is 189 cm³/mol. The molecule has 0 bridgehead atoms. The number of nitrogens with two attached hydrogens (primary N) is 2. The van der Waals surface area contributed by atoms with E-state index in [-0.39, 0.29) is 43.7 Å². The lowest BCUT2D eigenvalue weighted by Crippen LogP contribution is -2.59. The molecule has 0 saturated carbocycles. The smallest absolute Gasteiger partial charge is 0.327 e. The number of benzene rings is 2. The largest absolute Gasteiger partial charge is 0.468 e. The van der Waals surface area contributed by atoms with E-state index in [0.29, 0.717) is 45.2 Å². The molecule has 0 aromatic heterocycles. The fourth-order valence-electron chi connectivity index (χ4n) is 6.58. The number of carbonyl (C=O) groups is 5. The summed E-state index contributed by atoms with van der Waals surface area (Å²) in [6, 6.07) is 13.9. The molecule has 1 unspecified atom stereocenters. The number of esters is 1. The molecular weight excluding hydrogens is 638 g/mol. The second-order valence-electron chi connectivity index (χ2n) is 13.9. The summed E-state index contributed by atoms with van der Waals surface area (Å²) in [6.07, 6.45) is 2.79. The molecule has 5 atom stereocenters. The maximum Gasteiger partial charge on any atom is 0.327 e. The highest BCUT2D eigenvalue weighted by atomic mass is 16.5. The fourth-order valence-corrected chi connectivity index (χ4v) is 6.58. The predicted octanol–water partition coefficient (Wildman–Crippen LogP) is 0.676. The zero-order valence-corrected chi connectivity index (χ0v) is 29.4. The van der Waals surface area contributed by atoms with E-state index >= 15 is 0 Å². The van der Waals surface area contributed by atoms with Crippen LogP contribution in [0.1, 0.15) is 62.6 Å². The Bertz CT molecular complexity index is 1490. The second kappa shape index (κ2) is 18.1. The molecule has 2 heterocycles. The third-order valence-corrected chi connectivity index (χ3v) is 9.42. The monoisotopic (exact) mass is 691 g/mol. The van der Waals surface area contributed by atoms with E-state index in [9.17, 15) is 24.0 Å². The molecule has 0 radical (unpaired) electrons. The summed E-state index contributed by atoms with van der Waals surface area (Å²) in [5.41, 5.74) is 13.7. The lowest BCUT2D eigenvalue weighted by atomic mass is 9.95. The van der Waals surface area contributed by atoms with Crippen molar-refractivity contribution in [3.63, 3.8) is 0 Å². The quantitative estimate of drug-likeness (QED) is 0.108. The number of carbonyl (C=O) groups excluding carboxylic acids is 5. The second-order valence-corrected chi connectivity index (χ2v) is 13.9. The van der Waals surface area contributed by atoms with Crippen LogP contribution in [0.5, 0.6) is 0 Å². The van der Waals surface area contributed by atoms with Crippen LogP contribution in [-0.4, -0.2) is 90.9 Å². The number of nitrogens with zero attached hydrogens (tertiary/aromatic N) is 1. The van der Waals surface area contributed by atoms with Crippen molar-refractivity contribution in [2.75, 3.05) is 26.7 Å². The van der Waals surface area contributed by atoms with Gasteiger partial charge in [-0.25, -0.2) is 4.79 Å². The van der Waals surface area contributed by atoms with Crippen LogP contribution in [0.15, 0.2) is 54.6 Å². The summed E-state index contributed by atoms with van der Waals surface area (Å²) in [4.78, 5) is 69.0. The molecular formula is C37H53N7O6. The van der Waals surface area contributed by atoms with E-state index in [0.717, 1.165) is 16.7 Å². The fraction of sp³-hybridized carbons (Fsp3) is 0.541. The standard InChI is InChI=1S/C37H53N7O6/c1-24(2)19-30(33(46)41-28(15-9-10-17-38)35(48)44-18-16-37(39,23-44)36(49)50-3)42-34(47)31(20-25-11-5-4-6-12-25)43-32(45)29-21-26-13-7-8-14-27(26)22-40-29/h4-8,11-14,24,28-31,40H,9-10,15-23,38-39H2,1-3H3,(H,41,46)(H,42,47)(H,43,45)/t28-,29-,30-,31-,37?/m1/s1. The van der Waals surface area contributed by atoms with Gasteiger partial charge in [0.15, 0.2) is 0 Å². The molecule has 4 rings (SSSR count). The third-order valence-electron chi connectivity index (χ3n) is 9.42. The van der Waals surface area contributed by atoms with Crippen molar-refractivity contribution < 1.29 is 28.7 Å². The highest BCUT2D eigenvalue weighted by Gasteiger charge is 2.45. The number of rotatable bonds is 16. The van der Waals surface area contributed by atoms with Crippen LogP contribution in [0.25, 0.3) is 0 Å². The first-order valence-corrected chi connectivity index (χ1v) is 17.6. The zero-order chi connectivity index (χ0) is 36.3. The first kappa shape index (κ1) is 38.5. The first-order chi connectivity index (χ1) is 23.9. The van der Waals surface area contributed by atoms with Crippen molar-refractivity contribution >= 4 is 29.6 Å². The number of ether oxygens (including phenoxy) is 1. The van der Waals surface area contributed by atoms with Gasteiger partial charge in [-0.1, -0.05) is 68.4 Å². The molecule has 2 aliphatic heterocycles. The number of amides is 4. The van der Waals surface area contributed by atoms with Gasteiger partial charge in [0, 0.05) is 26.1 Å². The highest BCUT2D eigenvalue weighted by molar-refractivity contribution is 5.95. The van der Waals surface area contributed by atoms with Crippen LogP contribution < -0.4 is 32.7 Å². The van der Waals surface area contributed by atoms with Crippen molar-refractivity contribution in [2.45, 2.75) is 95.0 Å². The number of methoxy groups -OCH3 is 1. The minimum atomic E-state index is -1.32. The summed E-state index contributed by atoms with van der Waals surface area (Å²) in [6.45, 7) is 5.04. The molecule has 1 fully saturated rings. The van der Waals surface area contributed by atoms with Gasteiger partial charge in [-0.2, -0.15) is 0 Å². The van der Waals surface area contributed by atoms with E-state index < -0.39 is 47.5 Å². The van der Waals surface area contributed by atoms with Gasteiger partial charge in [0.25, 0.3) is 0 Å². The van der Waals surface area contributed by atoms with Crippen LogP contribution >= 0.6 is 0 Å². The van der Waals surface area contributed by atoms with E-state index in [1.54, 1.807) is 0 Å². The molecule has 1 saturated heterocycles. The number of fused-ring (bicyclic) bond motifs is 1. The Morgan fingerprint density at radius 3 is 2.26 bits per heavy atom. The lowest BCUT2D eigenvalue weighted by Gasteiger charge is -2.30. The summed E-state index contributed by atoms with van der Waals surface area (Å²) >= 11 is 0. The number of hydrogen-bond donors (Lipinski definition) is 6. The maximum atomic E-state index is 14.0. The number of nitrogens with one attached hydrogen (secondary N) is 4. The Hall–Kier alpha value is -4.33. The van der Waals surface area contributed by atoms with E-state index in [1.165, 1.54) is 12.0 Å². The van der Waals surface area contributed by atoms with Crippen molar-refractivity contribution in [2.24, 2.45) is 17.4 Å². The van der Waals surface area contributed by atoms with Gasteiger partial charge < -0.3 is 42.4 Å². The van der Waals surface area contributed by atoms with Gasteiger partial charge in [0.1, 0.15) is 23.7 Å². The zero-order valence-electron chi connectivity index (χ0n) is 29.4. The summed E-state index contributed by atoms with van der Waals surface area (Å²) in [5.74, 6) is -2.27. The topological polar surface area (TPSA) is 198 Å². The van der Waals surface area contributed by atoms with Crippen molar-refractivity contribution in [1.82, 2.24) is 26.2 Å². The Balaban J connectivity index is 1.49. The van der Waals surface area contributed by atoms with E-state index in [1.807, 2.05) is 68.4 Å². The van der Waals surface area contributed by atoms with E-state index in [4.69, 9.17) is 16.2 Å². The van der Waals surface area contributed by atoms with Crippen molar-refractivity contribution in [1.29, 1.82) is 0 Å². The van der Waals surface area contributed by atoms with Crippen LogP contribution in [0, 0.1) is 5.92 Å². The van der Waals surface area contributed by atoms with Crippen LogP contribution in [-0.2, 0) is 48.1 Å².